The number of nitrogens with two attached hydrogens (primary N) is 1. The van der Waals surface area contributed by atoms with Gasteiger partial charge in [0.2, 0.25) is 11.8 Å². The lowest BCUT2D eigenvalue weighted by Gasteiger charge is -2.09. The summed E-state index contributed by atoms with van der Waals surface area (Å²) in [5.74, 6) is 4.42. The molecule has 0 saturated carbocycles. The van der Waals surface area contributed by atoms with Crippen LogP contribution in [0.5, 0.6) is 0 Å². The lowest BCUT2D eigenvalue weighted by Crippen LogP contribution is -2.33. The molecule has 0 radical (unpaired) electrons. The average Bonchev–Trinajstić information content (AvgIpc) is 1.99. The van der Waals surface area contributed by atoms with E-state index in [0.717, 1.165) is 0 Å². The van der Waals surface area contributed by atoms with Gasteiger partial charge in [0, 0.05) is 13.3 Å². The maximum atomic E-state index is 10.6. The van der Waals surface area contributed by atoms with Crippen LogP contribution < -0.4 is 16.6 Å². The van der Waals surface area contributed by atoms with Gasteiger partial charge in [0.1, 0.15) is 0 Å². The molecule has 0 aromatic rings. The number of hydrazine groups is 1. The molecule has 1 unspecified atom stereocenters. The minimum Gasteiger partial charge on any atom is -0.345 e. The number of nitrogens with one attached hydrogen (secondary N) is 2. The Hall–Kier alpha value is -0.750. The van der Waals surface area contributed by atoms with Crippen molar-refractivity contribution in [2.75, 3.05) is 0 Å². The van der Waals surface area contributed by atoms with Crippen LogP contribution in [-0.2, 0) is 9.59 Å². The van der Waals surface area contributed by atoms with Crippen LogP contribution in [0.4, 0.5) is 0 Å². The van der Waals surface area contributed by atoms with Crippen molar-refractivity contribution in [2.24, 2.45) is 5.84 Å². The number of hydrogen-bond acceptors (Lipinski definition) is 4. The molecular formula is C6H13N3O2S. The summed E-state index contributed by atoms with van der Waals surface area (Å²) in [6, 6.07) is 0. The van der Waals surface area contributed by atoms with Crippen molar-refractivity contribution in [2.45, 2.75) is 25.1 Å². The van der Waals surface area contributed by atoms with Crippen LogP contribution in [0, 0.1) is 0 Å². The van der Waals surface area contributed by atoms with E-state index in [0.29, 0.717) is 6.42 Å². The molecule has 0 saturated heterocycles. The summed E-state index contributed by atoms with van der Waals surface area (Å²) in [4.78, 5) is 21.1. The molecule has 70 valence electrons. The quantitative estimate of drug-likeness (QED) is 0.153. The molecule has 0 aromatic heterocycles. The largest absolute Gasteiger partial charge is 0.345 e. The van der Waals surface area contributed by atoms with E-state index in [4.69, 9.17) is 5.84 Å². The zero-order valence-electron chi connectivity index (χ0n) is 6.83. The Morgan fingerprint density at radius 3 is 2.58 bits per heavy atom. The monoisotopic (exact) mass is 191 g/mol. The number of carbonyl (C=O) groups excluding carboxylic acids is 2. The fourth-order valence-electron chi connectivity index (χ4n) is 0.647. The van der Waals surface area contributed by atoms with Crippen LogP contribution in [0.1, 0.15) is 19.8 Å². The molecule has 1 atom stereocenters. The van der Waals surface area contributed by atoms with Crippen molar-refractivity contribution in [3.05, 3.63) is 0 Å². The van der Waals surface area contributed by atoms with E-state index in [1.807, 2.05) is 5.43 Å². The van der Waals surface area contributed by atoms with E-state index in [1.165, 1.54) is 6.92 Å². The van der Waals surface area contributed by atoms with Crippen LogP contribution in [0.2, 0.25) is 0 Å². The Kier molecular flexibility index (Phi) is 5.48. The minimum absolute atomic E-state index is 0.164. The molecule has 0 spiro atoms. The SMILES string of the molecule is CC(=O)NC(S)CCC(=O)NN. The molecular weight excluding hydrogens is 178 g/mol. The van der Waals surface area contributed by atoms with E-state index in [9.17, 15) is 9.59 Å². The first-order valence-electron chi connectivity index (χ1n) is 3.51. The highest BCUT2D eigenvalue weighted by molar-refractivity contribution is 7.80. The van der Waals surface area contributed by atoms with Gasteiger partial charge in [-0.25, -0.2) is 5.84 Å². The molecule has 0 aliphatic carbocycles. The number of hydrogen-bond donors (Lipinski definition) is 4. The third-order valence-corrected chi connectivity index (χ3v) is 1.56. The molecule has 5 nitrogen and oxygen atoms in total. The molecule has 6 heteroatoms. The van der Waals surface area contributed by atoms with Crippen LogP contribution in [0.15, 0.2) is 0 Å². The normalized spacial score (nSPS) is 11.9. The van der Waals surface area contributed by atoms with Gasteiger partial charge in [-0.15, -0.1) is 0 Å². The maximum Gasteiger partial charge on any atom is 0.233 e. The van der Waals surface area contributed by atoms with Crippen molar-refractivity contribution in [1.82, 2.24) is 10.7 Å². The number of carbonyl (C=O) groups is 2. The second-order valence-electron chi connectivity index (χ2n) is 2.32. The second-order valence-corrected chi connectivity index (χ2v) is 2.95. The Morgan fingerprint density at radius 2 is 2.17 bits per heavy atom. The van der Waals surface area contributed by atoms with Crippen molar-refractivity contribution < 1.29 is 9.59 Å². The van der Waals surface area contributed by atoms with Crippen LogP contribution in [0.25, 0.3) is 0 Å². The van der Waals surface area contributed by atoms with E-state index >= 15 is 0 Å². The van der Waals surface area contributed by atoms with E-state index in [2.05, 4.69) is 17.9 Å². The highest BCUT2D eigenvalue weighted by atomic mass is 32.1. The van der Waals surface area contributed by atoms with Crippen LogP contribution in [0.3, 0.4) is 0 Å². The molecule has 0 aromatic carbocycles. The summed E-state index contributed by atoms with van der Waals surface area (Å²) < 4.78 is 0. The van der Waals surface area contributed by atoms with Crippen LogP contribution in [-0.4, -0.2) is 17.2 Å². The van der Waals surface area contributed by atoms with Gasteiger partial charge in [0.15, 0.2) is 0 Å². The van der Waals surface area contributed by atoms with Crippen molar-refractivity contribution in [1.29, 1.82) is 0 Å². The summed E-state index contributed by atoms with van der Waals surface area (Å²) in [5, 5.41) is 2.23. The average molecular weight is 191 g/mol. The van der Waals surface area contributed by atoms with Gasteiger partial charge >= 0.3 is 0 Å². The zero-order chi connectivity index (χ0) is 9.56. The fourth-order valence-corrected chi connectivity index (χ4v) is 0.958. The second kappa shape index (κ2) is 5.84. The summed E-state index contributed by atoms with van der Waals surface area (Å²) >= 11 is 4.03. The summed E-state index contributed by atoms with van der Waals surface area (Å²) in [7, 11) is 0. The molecule has 0 bridgehead atoms. The molecule has 12 heavy (non-hydrogen) atoms. The maximum absolute atomic E-state index is 10.6. The summed E-state index contributed by atoms with van der Waals surface area (Å²) in [6.07, 6.45) is 0.719. The molecule has 0 heterocycles. The first-order valence-corrected chi connectivity index (χ1v) is 4.02. The summed E-state index contributed by atoms with van der Waals surface area (Å²) in [5.41, 5.74) is 1.99. The Bertz CT molecular complexity index is 174. The van der Waals surface area contributed by atoms with Gasteiger partial charge < -0.3 is 5.32 Å². The van der Waals surface area contributed by atoms with Crippen molar-refractivity contribution >= 4 is 24.4 Å². The van der Waals surface area contributed by atoms with E-state index in [1.54, 1.807) is 0 Å². The fraction of sp³-hybridized carbons (Fsp3) is 0.667. The lowest BCUT2D eigenvalue weighted by molar-refractivity contribution is -0.122. The number of rotatable bonds is 4. The third kappa shape index (κ3) is 5.99. The molecule has 0 rings (SSSR count). The first kappa shape index (κ1) is 11.2. The molecule has 0 aliphatic heterocycles. The first-order chi connectivity index (χ1) is 5.56. The standard InChI is InChI=1S/C6H13N3O2S/c1-4(10)8-6(12)3-2-5(11)9-7/h6,12H,2-3,7H2,1H3,(H,8,10)(H,9,11). The van der Waals surface area contributed by atoms with Gasteiger partial charge in [0.25, 0.3) is 0 Å². The predicted molar refractivity (Wildman–Crippen MR) is 48.2 cm³/mol. The van der Waals surface area contributed by atoms with Crippen LogP contribution >= 0.6 is 12.6 Å². The van der Waals surface area contributed by atoms with Gasteiger partial charge in [-0.05, 0) is 6.42 Å². The molecule has 4 N–H and O–H groups in total. The van der Waals surface area contributed by atoms with Crippen molar-refractivity contribution in [3.8, 4) is 0 Å². The van der Waals surface area contributed by atoms with Gasteiger partial charge in [0.05, 0.1) is 5.37 Å². The molecule has 0 aliphatic rings. The highest BCUT2D eigenvalue weighted by Crippen LogP contribution is 2.00. The number of thiol groups is 1. The van der Waals surface area contributed by atoms with Gasteiger partial charge in [-0.1, -0.05) is 0 Å². The Balaban J connectivity index is 3.50. The third-order valence-electron chi connectivity index (χ3n) is 1.18. The number of amides is 2. The predicted octanol–water partition coefficient (Wildman–Crippen LogP) is -0.851. The minimum atomic E-state index is -0.292. The molecule has 0 fully saturated rings. The van der Waals surface area contributed by atoms with Gasteiger partial charge in [-0.3, -0.25) is 15.0 Å². The Labute approximate surface area is 76.5 Å². The smallest absolute Gasteiger partial charge is 0.233 e. The van der Waals surface area contributed by atoms with Gasteiger partial charge in [-0.2, -0.15) is 12.6 Å². The zero-order valence-corrected chi connectivity index (χ0v) is 7.73. The Morgan fingerprint density at radius 1 is 1.58 bits per heavy atom. The van der Waals surface area contributed by atoms with E-state index in [-0.39, 0.29) is 23.6 Å². The topological polar surface area (TPSA) is 84.2 Å². The van der Waals surface area contributed by atoms with E-state index < -0.39 is 0 Å². The van der Waals surface area contributed by atoms with Crippen molar-refractivity contribution in [3.63, 3.8) is 0 Å². The highest BCUT2D eigenvalue weighted by Gasteiger charge is 2.06. The lowest BCUT2D eigenvalue weighted by atomic mass is 10.3. The summed E-state index contributed by atoms with van der Waals surface area (Å²) in [6.45, 7) is 1.40. The molecule has 2 amide bonds.